The third-order valence-electron chi connectivity index (χ3n) is 6.49. The average Bonchev–Trinajstić information content (AvgIpc) is 3.52. The van der Waals surface area contributed by atoms with E-state index in [-0.39, 0.29) is 23.8 Å². The molecule has 0 fully saturated rings. The molecule has 1 aromatic heterocycles. The molecule has 1 aliphatic heterocycles. The lowest BCUT2D eigenvalue weighted by atomic mass is 10.1. The summed E-state index contributed by atoms with van der Waals surface area (Å²) in [6, 6.07) is 31.9. The number of hydrogen-bond acceptors (Lipinski definition) is 4. The van der Waals surface area contributed by atoms with E-state index in [9.17, 15) is 14.0 Å². The van der Waals surface area contributed by atoms with E-state index in [1.807, 2.05) is 60.7 Å². The number of benzene rings is 4. The summed E-state index contributed by atoms with van der Waals surface area (Å²) in [6.07, 6.45) is 0.701. The van der Waals surface area contributed by atoms with Gasteiger partial charge in [-0.2, -0.15) is 5.10 Å². The molecule has 2 heterocycles. The zero-order valence-electron chi connectivity index (χ0n) is 20.2. The number of hydrogen-bond donors (Lipinski definition) is 0. The number of ether oxygens (including phenoxy) is 1. The first-order chi connectivity index (χ1) is 18.6. The van der Waals surface area contributed by atoms with Gasteiger partial charge >= 0.3 is 5.97 Å². The highest BCUT2D eigenvalue weighted by Gasteiger charge is 2.39. The van der Waals surface area contributed by atoms with Crippen molar-refractivity contribution in [2.75, 3.05) is 0 Å². The van der Waals surface area contributed by atoms with E-state index in [2.05, 4.69) is 0 Å². The van der Waals surface area contributed by atoms with Crippen molar-refractivity contribution in [1.82, 2.24) is 14.7 Å². The van der Waals surface area contributed by atoms with Crippen molar-refractivity contribution in [3.05, 3.63) is 143 Å². The standard InChI is InChI=1S/C31H22FN3O3/c32-23-17-15-21(16-18-23)19-34-29(36)25-13-7-8-14-26(25)30(34)38-31(37)27-20-35(24-11-5-2-6-12-24)33-28(27)22-9-3-1-4-10-22/h1-18,20,30H,19H2/t30-/m0/s1. The maximum Gasteiger partial charge on any atom is 0.344 e. The van der Waals surface area contributed by atoms with Crippen molar-refractivity contribution in [3.63, 3.8) is 0 Å². The van der Waals surface area contributed by atoms with Crippen molar-refractivity contribution in [1.29, 1.82) is 0 Å². The largest absolute Gasteiger partial charge is 0.433 e. The highest BCUT2D eigenvalue weighted by atomic mass is 19.1. The number of aromatic nitrogens is 2. The molecule has 4 aromatic carbocycles. The Morgan fingerprint density at radius 1 is 0.842 bits per heavy atom. The van der Waals surface area contributed by atoms with Gasteiger partial charge in [-0.15, -0.1) is 0 Å². The predicted molar refractivity (Wildman–Crippen MR) is 140 cm³/mol. The molecule has 0 spiro atoms. The molecular formula is C31H22FN3O3. The molecular weight excluding hydrogens is 481 g/mol. The van der Waals surface area contributed by atoms with Gasteiger partial charge < -0.3 is 4.74 Å². The lowest BCUT2D eigenvalue weighted by molar-refractivity contribution is -0.0211. The summed E-state index contributed by atoms with van der Waals surface area (Å²) in [5, 5.41) is 4.70. The van der Waals surface area contributed by atoms with E-state index in [1.165, 1.54) is 17.0 Å². The fourth-order valence-corrected chi connectivity index (χ4v) is 4.61. The molecule has 1 atom stereocenters. The van der Waals surface area contributed by atoms with Crippen LogP contribution in [0.1, 0.15) is 38.1 Å². The maximum atomic E-state index is 13.7. The fourth-order valence-electron chi connectivity index (χ4n) is 4.61. The molecule has 5 aromatic rings. The summed E-state index contributed by atoms with van der Waals surface area (Å²) in [6.45, 7) is 0.153. The Hall–Kier alpha value is -5.04. The quantitative estimate of drug-likeness (QED) is 0.259. The van der Waals surface area contributed by atoms with Crippen molar-refractivity contribution in [3.8, 4) is 16.9 Å². The van der Waals surface area contributed by atoms with Crippen LogP contribution < -0.4 is 0 Å². The van der Waals surface area contributed by atoms with Crippen LogP contribution in [0.15, 0.2) is 115 Å². The molecule has 1 amide bonds. The van der Waals surface area contributed by atoms with Crippen molar-refractivity contribution < 1.29 is 18.7 Å². The molecule has 0 radical (unpaired) electrons. The number of esters is 1. The number of para-hydroxylation sites is 1. The minimum Gasteiger partial charge on any atom is -0.433 e. The lowest BCUT2D eigenvalue weighted by Gasteiger charge is -2.25. The van der Waals surface area contributed by atoms with E-state index < -0.39 is 12.2 Å². The molecule has 7 heteroatoms. The third kappa shape index (κ3) is 4.35. The Morgan fingerprint density at radius 3 is 2.24 bits per heavy atom. The molecule has 6 rings (SSSR count). The normalized spacial score (nSPS) is 14.4. The summed E-state index contributed by atoms with van der Waals surface area (Å²) in [5.74, 6) is -1.23. The maximum absolute atomic E-state index is 13.7. The monoisotopic (exact) mass is 503 g/mol. The predicted octanol–water partition coefficient (Wildman–Crippen LogP) is 6.19. The molecule has 0 bridgehead atoms. The molecule has 0 aliphatic carbocycles. The number of fused-ring (bicyclic) bond motifs is 1. The summed E-state index contributed by atoms with van der Waals surface area (Å²) < 4.78 is 21.2. The van der Waals surface area contributed by atoms with E-state index in [1.54, 1.807) is 47.3 Å². The molecule has 6 nitrogen and oxygen atoms in total. The van der Waals surface area contributed by atoms with Gasteiger partial charge in [0.2, 0.25) is 6.23 Å². The van der Waals surface area contributed by atoms with Crippen LogP contribution in [-0.2, 0) is 11.3 Å². The van der Waals surface area contributed by atoms with Crippen molar-refractivity contribution in [2.24, 2.45) is 0 Å². The Bertz CT molecular complexity index is 1620. The van der Waals surface area contributed by atoms with Gasteiger partial charge in [-0.25, -0.2) is 13.9 Å². The smallest absolute Gasteiger partial charge is 0.344 e. The zero-order valence-corrected chi connectivity index (χ0v) is 20.2. The van der Waals surface area contributed by atoms with Crippen LogP contribution in [0.25, 0.3) is 16.9 Å². The minimum absolute atomic E-state index is 0.153. The number of carbonyl (C=O) groups is 2. The van der Waals surface area contributed by atoms with Crippen LogP contribution in [0.5, 0.6) is 0 Å². The molecule has 1 aliphatic rings. The van der Waals surface area contributed by atoms with Gasteiger partial charge in [0.25, 0.3) is 5.91 Å². The number of nitrogens with zero attached hydrogens (tertiary/aromatic N) is 3. The number of carbonyl (C=O) groups excluding carboxylic acids is 2. The third-order valence-corrected chi connectivity index (χ3v) is 6.49. The summed E-state index contributed by atoms with van der Waals surface area (Å²) >= 11 is 0. The summed E-state index contributed by atoms with van der Waals surface area (Å²) in [4.78, 5) is 28.5. The van der Waals surface area contributed by atoms with Gasteiger partial charge in [0.1, 0.15) is 17.1 Å². The van der Waals surface area contributed by atoms with Crippen molar-refractivity contribution >= 4 is 11.9 Å². The van der Waals surface area contributed by atoms with Crippen LogP contribution >= 0.6 is 0 Å². The number of halogens is 1. The molecule has 0 saturated carbocycles. The van der Waals surface area contributed by atoms with Gasteiger partial charge in [0.05, 0.1) is 5.69 Å². The molecule has 38 heavy (non-hydrogen) atoms. The highest BCUT2D eigenvalue weighted by Crippen LogP contribution is 2.37. The Morgan fingerprint density at radius 2 is 1.50 bits per heavy atom. The Balaban J connectivity index is 1.38. The Kier molecular flexibility index (Phi) is 6.01. The van der Waals surface area contributed by atoms with Gasteiger partial charge in [-0.05, 0) is 35.9 Å². The van der Waals surface area contributed by atoms with Gasteiger partial charge in [-0.3, -0.25) is 9.69 Å². The first-order valence-corrected chi connectivity index (χ1v) is 12.1. The first-order valence-electron chi connectivity index (χ1n) is 12.1. The number of rotatable bonds is 6. The highest BCUT2D eigenvalue weighted by molar-refractivity contribution is 6.00. The lowest BCUT2D eigenvalue weighted by Crippen LogP contribution is -2.30. The van der Waals surface area contributed by atoms with Crippen LogP contribution in [0.4, 0.5) is 4.39 Å². The molecule has 186 valence electrons. The van der Waals surface area contributed by atoms with E-state index in [4.69, 9.17) is 9.84 Å². The molecule has 0 unspecified atom stereocenters. The SMILES string of the molecule is O=C(O[C@H]1c2ccccc2C(=O)N1Cc1ccc(F)cc1)c1cn(-c2ccccc2)nc1-c1ccccc1. The number of amides is 1. The van der Waals surface area contributed by atoms with Crippen LogP contribution in [0.3, 0.4) is 0 Å². The van der Waals surface area contributed by atoms with Gasteiger partial charge in [0, 0.05) is 29.4 Å². The van der Waals surface area contributed by atoms with Crippen LogP contribution in [0, 0.1) is 5.82 Å². The minimum atomic E-state index is -0.944. The first kappa shape index (κ1) is 23.4. The van der Waals surface area contributed by atoms with E-state index in [0.717, 1.165) is 16.8 Å². The molecule has 0 N–H and O–H groups in total. The topological polar surface area (TPSA) is 64.4 Å². The zero-order chi connectivity index (χ0) is 26.1. The second kappa shape index (κ2) is 9.78. The fraction of sp³-hybridized carbons (Fsp3) is 0.0645. The second-order valence-corrected chi connectivity index (χ2v) is 8.94. The van der Waals surface area contributed by atoms with Crippen molar-refractivity contribution in [2.45, 2.75) is 12.8 Å². The summed E-state index contributed by atoms with van der Waals surface area (Å²) in [5.41, 5.74) is 4.10. The van der Waals surface area contributed by atoms with Gasteiger partial charge in [0.15, 0.2) is 0 Å². The van der Waals surface area contributed by atoms with E-state index >= 15 is 0 Å². The second-order valence-electron chi connectivity index (χ2n) is 8.94. The summed E-state index contributed by atoms with van der Waals surface area (Å²) in [7, 11) is 0. The van der Waals surface area contributed by atoms with Crippen LogP contribution in [-0.4, -0.2) is 26.6 Å². The molecule has 0 saturated heterocycles. The Labute approximate surface area is 218 Å². The van der Waals surface area contributed by atoms with E-state index in [0.29, 0.717) is 16.8 Å². The van der Waals surface area contributed by atoms with Crippen LogP contribution in [0.2, 0.25) is 0 Å². The average molecular weight is 504 g/mol. The van der Waals surface area contributed by atoms with Gasteiger partial charge in [-0.1, -0.05) is 78.9 Å².